The van der Waals surface area contributed by atoms with E-state index in [0.717, 1.165) is 5.56 Å². The van der Waals surface area contributed by atoms with E-state index in [1.165, 1.54) is 6.07 Å². The fraction of sp³-hybridized carbons (Fsp3) is 0.273. The molecule has 0 radical (unpaired) electrons. The summed E-state index contributed by atoms with van der Waals surface area (Å²) in [5, 5.41) is 0. The predicted molar refractivity (Wildman–Crippen MR) is 65.6 cm³/mol. The van der Waals surface area contributed by atoms with E-state index in [4.69, 9.17) is 5.73 Å². The lowest BCUT2D eigenvalue weighted by atomic mass is 10.2. The van der Waals surface area contributed by atoms with Crippen LogP contribution >= 0.6 is 0 Å². The summed E-state index contributed by atoms with van der Waals surface area (Å²) in [5.74, 6) is 0. The van der Waals surface area contributed by atoms with Gasteiger partial charge in [0.25, 0.3) is 0 Å². The first-order valence-electron chi connectivity index (χ1n) is 4.93. The maximum Gasteiger partial charge on any atom is 0.240 e. The molecule has 0 aliphatic carbocycles. The van der Waals surface area contributed by atoms with Crippen LogP contribution in [0.4, 0.5) is 5.69 Å². The molecule has 0 saturated heterocycles. The highest BCUT2D eigenvalue weighted by Gasteiger charge is 2.13. The minimum atomic E-state index is -3.46. The molecule has 0 saturated carbocycles. The molecule has 3 N–H and O–H groups in total. The van der Waals surface area contributed by atoms with E-state index in [-0.39, 0.29) is 4.90 Å². The van der Waals surface area contributed by atoms with Crippen molar-refractivity contribution in [2.75, 3.05) is 12.3 Å². The zero-order chi connectivity index (χ0) is 12.2. The Balaban J connectivity index is 2.93. The number of nitrogen functional groups attached to an aromatic ring is 1. The van der Waals surface area contributed by atoms with E-state index in [0.29, 0.717) is 18.7 Å². The third-order valence-electron chi connectivity index (χ3n) is 2.02. The smallest absolute Gasteiger partial charge is 0.240 e. The lowest BCUT2D eigenvalue weighted by Gasteiger charge is -2.07. The van der Waals surface area contributed by atoms with Crippen LogP contribution in [0.15, 0.2) is 35.7 Å². The average molecular weight is 240 g/mol. The monoisotopic (exact) mass is 240 g/mol. The summed E-state index contributed by atoms with van der Waals surface area (Å²) in [7, 11) is -3.46. The highest BCUT2D eigenvalue weighted by molar-refractivity contribution is 7.89. The van der Waals surface area contributed by atoms with Crippen molar-refractivity contribution < 1.29 is 8.42 Å². The molecule has 0 aliphatic heterocycles. The van der Waals surface area contributed by atoms with E-state index < -0.39 is 10.0 Å². The van der Waals surface area contributed by atoms with Gasteiger partial charge in [-0.2, -0.15) is 0 Å². The lowest BCUT2D eigenvalue weighted by molar-refractivity contribution is 0.582. The van der Waals surface area contributed by atoms with E-state index in [9.17, 15) is 8.42 Å². The molecule has 4 nitrogen and oxygen atoms in total. The third-order valence-corrected chi connectivity index (χ3v) is 3.46. The van der Waals surface area contributed by atoms with Gasteiger partial charge in [-0.1, -0.05) is 6.08 Å². The minimum absolute atomic E-state index is 0.203. The predicted octanol–water partition coefficient (Wildman–Crippen LogP) is 1.43. The molecule has 0 aliphatic rings. The molecule has 0 aromatic heterocycles. The maximum absolute atomic E-state index is 11.8. The molecule has 88 valence electrons. The fourth-order valence-electron chi connectivity index (χ4n) is 1.31. The van der Waals surface area contributed by atoms with Gasteiger partial charge in [-0.3, -0.25) is 0 Å². The molecule has 0 atom stereocenters. The van der Waals surface area contributed by atoms with Crippen molar-refractivity contribution in [3.63, 3.8) is 0 Å². The van der Waals surface area contributed by atoms with Gasteiger partial charge >= 0.3 is 0 Å². The van der Waals surface area contributed by atoms with Crippen LogP contribution in [0.25, 0.3) is 0 Å². The number of sulfonamides is 1. The molecule has 0 bridgehead atoms. The van der Waals surface area contributed by atoms with Crippen LogP contribution in [0.3, 0.4) is 0 Å². The summed E-state index contributed by atoms with van der Waals surface area (Å²) in [6.07, 6.45) is 2.26. The fourth-order valence-corrected chi connectivity index (χ4v) is 2.50. The number of nitrogens with one attached hydrogen (secondary N) is 1. The Morgan fingerprint density at radius 2 is 2.12 bits per heavy atom. The minimum Gasteiger partial charge on any atom is -0.399 e. The van der Waals surface area contributed by atoms with Crippen molar-refractivity contribution >= 4 is 15.7 Å². The first-order valence-corrected chi connectivity index (χ1v) is 6.42. The van der Waals surface area contributed by atoms with Gasteiger partial charge in [0, 0.05) is 12.2 Å². The quantitative estimate of drug-likeness (QED) is 0.464. The number of benzene rings is 1. The molecule has 0 fully saturated rings. The van der Waals surface area contributed by atoms with Crippen LogP contribution in [0.1, 0.15) is 12.0 Å². The van der Waals surface area contributed by atoms with Crippen LogP contribution < -0.4 is 10.5 Å². The van der Waals surface area contributed by atoms with Crippen molar-refractivity contribution in [2.24, 2.45) is 0 Å². The van der Waals surface area contributed by atoms with Crippen molar-refractivity contribution in [3.8, 4) is 0 Å². The molecule has 5 heteroatoms. The normalized spacial score (nSPS) is 11.3. The summed E-state index contributed by atoms with van der Waals surface area (Å²) in [6.45, 7) is 5.68. The van der Waals surface area contributed by atoms with Gasteiger partial charge < -0.3 is 5.73 Å². The van der Waals surface area contributed by atoms with Gasteiger partial charge in [-0.05, 0) is 37.1 Å². The van der Waals surface area contributed by atoms with Crippen LogP contribution in [-0.2, 0) is 10.0 Å². The Kier molecular flexibility index (Phi) is 4.09. The second-order valence-corrected chi connectivity index (χ2v) is 5.32. The second kappa shape index (κ2) is 5.14. The van der Waals surface area contributed by atoms with E-state index >= 15 is 0 Å². The average Bonchev–Trinajstić information content (AvgIpc) is 2.16. The number of hydrogen-bond acceptors (Lipinski definition) is 3. The van der Waals surface area contributed by atoms with Crippen LogP contribution in [0.2, 0.25) is 0 Å². The number of nitrogens with two attached hydrogens (primary N) is 1. The Hall–Kier alpha value is -1.33. The Morgan fingerprint density at radius 1 is 1.44 bits per heavy atom. The molecular weight excluding hydrogens is 224 g/mol. The second-order valence-electron chi connectivity index (χ2n) is 3.55. The number of aryl methyl sites for hydroxylation is 1. The van der Waals surface area contributed by atoms with Gasteiger partial charge in [-0.15, -0.1) is 6.58 Å². The molecule has 1 aromatic rings. The molecule has 0 spiro atoms. The molecule has 1 aromatic carbocycles. The maximum atomic E-state index is 11.8. The van der Waals surface area contributed by atoms with Crippen LogP contribution in [0.5, 0.6) is 0 Å². The van der Waals surface area contributed by atoms with Gasteiger partial charge in [0.05, 0.1) is 4.90 Å². The highest BCUT2D eigenvalue weighted by atomic mass is 32.2. The van der Waals surface area contributed by atoms with E-state index in [2.05, 4.69) is 11.3 Å². The molecule has 0 heterocycles. The topological polar surface area (TPSA) is 72.2 Å². The zero-order valence-corrected chi connectivity index (χ0v) is 10.0. The Labute approximate surface area is 96.2 Å². The van der Waals surface area contributed by atoms with Gasteiger partial charge in [-0.25, -0.2) is 13.1 Å². The molecular formula is C11H16N2O2S. The zero-order valence-electron chi connectivity index (χ0n) is 9.23. The Bertz CT molecular complexity index is 461. The highest BCUT2D eigenvalue weighted by Crippen LogP contribution is 2.15. The van der Waals surface area contributed by atoms with Crippen molar-refractivity contribution in [1.29, 1.82) is 0 Å². The first kappa shape index (κ1) is 12.7. The van der Waals surface area contributed by atoms with Crippen molar-refractivity contribution in [3.05, 3.63) is 36.4 Å². The first-order chi connectivity index (χ1) is 7.45. The van der Waals surface area contributed by atoms with Crippen molar-refractivity contribution in [2.45, 2.75) is 18.2 Å². The van der Waals surface area contributed by atoms with Gasteiger partial charge in [0.15, 0.2) is 0 Å². The van der Waals surface area contributed by atoms with Crippen molar-refractivity contribution in [1.82, 2.24) is 4.72 Å². The van der Waals surface area contributed by atoms with Crippen LogP contribution in [0, 0.1) is 6.92 Å². The lowest BCUT2D eigenvalue weighted by Crippen LogP contribution is -2.24. The number of rotatable bonds is 5. The van der Waals surface area contributed by atoms with E-state index in [1.54, 1.807) is 25.1 Å². The largest absolute Gasteiger partial charge is 0.399 e. The Morgan fingerprint density at radius 3 is 2.69 bits per heavy atom. The van der Waals surface area contributed by atoms with E-state index in [1.807, 2.05) is 0 Å². The summed E-state index contributed by atoms with van der Waals surface area (Å²) in [5.41, 5.74) is 6.87. The number of hydrogen-bond donors (Lipinski definition) is 2. The van der Waals surface area contributed by atoms with Gasteiger partial charge in [0.2, 0.25) is 10.0 Å². The standard InChI is InChI=1S/C11H16N2O2S/c1-3-4-5-13-16(14,15)11-7-9(2)6-10(12)8-11/h3,6-8,13H,1,4-5,12H2,2H3. The summed E-state index contributed by atoms with van der Waals surface area (Å²) in [6, 6.07) is 4.76. The third kappa shape index (κ3) is 3.36. The molecule has 1 rings (SSSR count). The molecule has 16 heavy (non-hydrogen) atoms. The molecule has 0 amide bonds. The SMILES string of the molecule is C=CCCNS(=O)(=O)c1cc(C)cc(N)c1. The van der Waals surface area contributed by atoms with Crippen LogP contribution in [-0.4, -0.2) is 15.0 Å². The summed E-state index contributed by atoms with van der Waals surface area (Å²) >= 11 is 0. The number of anilines is 1. The summed E-state index contributed by atoms with van der Waals surface area (Å²) in [4.78, 5) is 0.203. The van der Waals surface area contributed by atoms with Gasteiger partial charge in [0.1, 0.15) is 0 Å². The molecule has 0 unspecified atom stereocenters. The summed E-state index contributed by atoms with van der Waals surface area (Å²) < 4.78 is 26.1.